The van der Waals surface area contributed by atoms with Crippen LogP contribution in [0.15, 0.2) is 36.5 Å². The fourth-order valence-corrected chi connectivity index (χ4v) is 1.55. The molecule has 0 aliphatic carbocycles. The molecule has 3 nitrogen and oxygen atoms in total. The predicted octanol–water partition coefficient (Wildman–Crippen LogP) is 3.37. The average molecular weight is 234 g/mol. The van der Waals surface area contributed by atoms with Crippen LogP contribution in [0.2, 0.25) is 5.02 Å². The van der Waals surface area contributed by atoms with Crippen molar-refractivity contribution in [3.63, 3.8) is 0 Å². The lowest BCUT2D eigenvalue weighted by atomic mass is 10.2. The lowest BCUT2D eigenvalue weighted by molar-refractivity contribution is 1.26. The summed E-state index contributed by atoms with van der Waals surface area (Å²) in [5.74, 6) is 0.787. The van der Waals surface area contributed by atoms with E-state index < -0.39 is 0 Å². The Bertz CT molecular complexity index is 511. The van der Waals surface area contributed by atoms with Crippen LogP contribution < -0.4 is 11.1 Å². The quantitative estimate of drug-likeness (QED) is 0.782. The lowest BCUT2D eigenvalue weighted by Crippen LogP contribution is -1.97. The summed E-state index contributed by atoms with van der Waals surface area (Å²) in [7, 11) is 0. The van der Waals surface area contributed by atoms with Gasteiger partial charge in [-0.25, -0.2) is 4.98 Å². The number of nitrogens with zero attached hydrogens (tertiary/aromatic N) is 1. The molecule has 0 aliphatic heterocycles. The fourth-order valence-electron chi connectivity index (χ4n) is 1.38. The minimum Gasteiger partial charge on any atom is -0.399 e. The first-order valence-electron chi connectivity index (χ1n) is 4.90. The third-order valence-corrected chi connectivity index (χ3v) is 2.58. The van der Waals surface area contributed by atoms with E-state index in [-0.39, 0.29) is 0 Å². The van der Waals surface area contributed by atoms with Crippen molar-refractivity contribution in [1.29, 1.82) is 0 Å². The van der Waals surface area contributed by atoms with Crippen molar-refractivity contribution < 1.29 is 0 Å². The van der Waals surface area contributed by atoms with Crippen LogP contribution in [0.4, 0.5) is 17.2 Å². The highest BCUT2D eigenvalue weighted by Crippen LogP contribution is 2.27. The van der Waals surface area contributed by atoms with Gasteiger partial charge in [0.1, 0.15) is 5.82 Å². The number of nitrogen functional groups attached to an aromatic ring is 1. The van der Waals surface area contributed by atoms with Gasteiger partial charge in [-0.15, -0.1) is 0 Å². The second kappa shape index (κ2) is 4.41. The van der Waals surface area contributed by atoms with Crippen molar-refractivity contribution in [3.05, 3.63) is 47.1 Å². The van der Waals surface area contributed by atoms with Crippen molar-refractivity contribution in [2.45, 2.75) is 6.92 Å². The molecule has 0 bridgehead atoms. The molecule has 82 valence electrons. The van der Waals surface area contributed by atoms with Crippen LogP contribution >= 0.6 is 11.6 Å². The van der Waals surface area contributed by atoms with Gasteiger partial charge in [0.2, 0.25) is 0 Å². The van der Waals surface area contributed by atoms with Crippen LogP contribution in [-0.2, 0) is 0 Å². The third-order valence-electron chi connectivity index (χ3n) is 2.25. The first kappa shape index (κ1) is 10.8. The van der Waals surface area contributed by atoms with Crippen LogP contribution in [-0.4, -0.2) is 4.98 Å². The van der Waals surface area contributed by atoms with Crippen LogP contribution in [0.25, 0.3) is 0 Å². The summed E-state index contributed by atoms with van der Waals surface area (Å²) in [6.07, 6.45) is 1.73. The molecule has 0 atom stereocenters. The molecular weight excluding hydrogens is 222 g/mol. The van der Waals surface area contributed by atoms with E-state index in [2.05, 4.69) is 10.3 Å². The molecule has 0 saturated heterocycles. The number of pyridine rings is 1. The van der Waals surface area contributed by atoms with Crippen LogP contribution in [0.3, 0.4) is 0 Å². The highest BCUT2D eigenvalue weighted by Gasteiger charge is 2.03. The van der Waals surface area contributed by atoms with E-state index in [0.29, 0.717) is 10.7 Å². The fraction of sp³-hybridized carbons (Fsp3) is 0.0833. The van der Waals surface area contributed by atoms with Crippen LogP contribution in [0, 0.1) is 6.92 Å². The highest BCUT2D eigenvalue weighted by atomic mass is 35.5. The van der Waals surface area contributed by atoms with Gasteiger partial charge in [0.15, 0.2) is 0 Å². The third kappa shape index (κ3) is 2.25. The lowest BCUT2D eigenvalue weighted by Gasteiger charge is -2.10. The van der Waals surface area contributed by atoms with Crippen LogP contribution in [0.1, 0.15) is 5.56 Å². The van der Waals surface area contributed by atoms with Gasteiger partial charge in [-0.05, 0) is 36.8 Å². The summed E-state index contributed by atoms with van der Waals surface area (Å²) in [6, 6.07) is 9.18. The predicted molar refractivity (Wildman–Crippen MR) is 68.1 cm³/mol. The molecule has 2 aromatic rings. The van der Waals surface area contributed by atoms with Gasteiger partial charge in [0, 0.05) is 11.9 Å². The summed E-state index contributed by atoms with van der Waals surface area (Å²) in [5.41, 5.74) is 8.19. The summed E-state index contributed by atoms with van der Waals surface area (Å²) in [5, 5.41) is 3.78. The first-order chi connectivity index (χ1) is 7.66. The SMILES string of the molecule is Cc1cccnc1Nc1cc(N)ccc1Cl. The molecule has 0 spiro atoms. The van der Waals surface area contributed by atoms with Crippen molar-refractivity contribution in [2.24, 2.45) is 0 Å². The normalized spacial score (nSPS) is 10.1. The molecule has 0 amide bonds. The van der Waals surface area contributed by atoms with Gasteiger partial charge >= 0.3 is 0 Å². The van der Waals surface area contributed by atoms with E-state index in [0.717, 1.165) is 17.1 Å². The van der Waals surface area contributed by atoms with Gasteiger partial charge in [-0.1, -0.05) is 17.7 Å². The molecular formula is C12H12ClN3. The summed E-state index contributed by atoms with van der Waals surface area (Å²) >= 11 is 6.05. The standard InChI is InChI=1S/C12H12ClN3/c1-8-3-2-6-15-12(8)16-11-7-9(14)4-5-10(11)13/h2-7H,14H2,1H3,(H,15,16). The highest BCUT2D eigenvalue weighted by molar-refractivity contribution is 6.33. The van der Waals surface area contributed by atoms with Gasteiger partial charge in [-0.2, -0.15) is 0 Å². The number of rotatable bonds is 2. The van der Waals surface area contributed by atoms with Crippen LogP contribution in [0.5, 0.6) is 0 Å². The monoisotopic (exact) mass is 233 g/mol. The molecule has 0 aliphatic rings. The van der Waals surface area contributed by atoms with Gasteiger partial charge < -0.3 is 11.1 Å². The minimum atomic E-state index is 0.624. The number of hydrogen-bond donors (Lipinski definition) is 2. The maximum absolute atomic E-state index is 6.05. The maximum atomic E-state index is 6.05. The molecule has 0 radical (unpaired) electrons. The summed E-state index contributed by atoms with van der Waals surface area (Å²) in [6.45, 7) is 1.98. The molecule has 0 fully saturated rings. The molecule has 4 heteroatoms. The number of anilines is 3. The van der Waals surface area contributed by atoms with Crippen molar-refractivity contribution in [3.8, 4) is 0 Å². The topological polar surface area (TPSA) is 50.9 Å². The Morgan fingerprint density at radius 3 is 2.88 bits per heavy atom. The smallest absolute Gasteiger partial charge is 0.133 e. The Kier molecular flexibility index (Phi) is 2.97. The Balaban J connectivity index is 2.34. The molecule has 0 unspecified atom stereocenters. The Labute approximate surface area is 99.3 Å². The molecule has 1 aromatic heterocycles. The minimum absolute atomic E-state index is 0.624. The van der Waals surface area contributed by atoms with Crippen molar-refractivity contribution >= 4 is 28.8 Å². The Morgan fingerprint density at radius 2 is 2.12 bits per heavy atom. The first-order valence-corrected chi connectivity index (χ1v) is 5.28. The Hall–Kier alpha value is -1.74. The van der Waals surface area contributed by atoms with E-state index in [9.17, 15) is 0 Å². The zero-order valence-electron chi connectivity index (χ0n) is 8.87. The van der Waals surface area contributed by atoms with Crippen molar-refractivity contribution in [2.75, 3.05) is 11.1 Å². The molecule has 3 N–H and O–H groups in total. The largest absolute Gasteiger partial charge is 0.399 e. The second-order valence-corrected chi connectivity index (χ2v) is 3.94. The maximum Gasteiger partial charge on any atom is 0.133 e. The zero-order valence-corrected chi connectivity index (χ0v) is 9.62. The van der Waals surface area contributed by atoms with E-state index >= 15 is 0 Å². The van der Waals surface area contributed by atoms with Crippen molar-refractivity contribution in [1.82, 2.24) is 4.98 Å². The molecule has 2 rings (SSSR count). The molecule has 16 heavy (non-hydrogen) atoms. The number of aromatic nitrogens is 1. The van der Waals surface area contributed by atoms with E-state index in [1.807, 2.05) is 19.1 Å². The average Bonchev–Trinajstić information content (AvgIpc) is 2.27. The van der Waals surface area contributed by atoms with Gasteiger partial charge in [-0.3, -0.25) is 0 Å². The number of halogens is 1. The summed E-state index contributed by atoms with van der Waals surface area (Å²) in [4.78, 5) is 4.23. The number of benzene rings is 1. The van der Waals surface area contributed by atoms with E-state index in [1.165, 1.54) is 0 Å². The number of aryl methyl sites for hydroxylation is 1. The summed E-state index contributed by atoms with van der Waals surface area (Å²) < 4.78 is 0. The van der Waals surface area contributed by atoms with Gasteiger partial charge in [0.25, 0.3) is 0 Å². The molecule has 0 saturated carbocycles. The van der Waals surface area contributed by atoms with E-state index in [4.69, 9.17) is 17.3 Å². The Morgan fingerprint density at radius 1 is 1.31 bits per heavy atom. The molecule has 1 heterocycles. The van der Waals surface area contributed by atoms with Gasteiger partial charge in [0.05, 0.1) is 10.7 Å². The molecule has 1 aromatic carbocycles. The number of nitrogens with two attached hydrogens (primary N) is 1. The number of hydrogen-bond acceptors (Lipinski definition) is 3. The second-order valence-electron chi connectivity index (χ2n) is 3.53. The zero-order chi connectivity index (χ0) is 11.5. The number of nitrogens with one attached hydrogen (secondary N) is 1. The van der Waals surface area contributed by atoms with E-state index in [1.54, 1.807) is 24.4 Å².